The van der Waals surface area contributed by atoms with E-state index in [9.17, 15) is 10.2 Å². The standard InChI is InChI=1S/C23H32O6/c1-5-26-15-21(24)28-19-11-7-17(8-12-19)23(3,4)18-9-13-20(14-10-18)29-22(25)16-27-6-2/h7-14,21-22,24-25H,5-6,15-16H2,1-4H3. The van der Waals surface area contributed by atoms with E-state index in [1.807, 2.05) is 62.4 Å². The van der Waals surface area contributed by atoms with E-state index in [0.29, 0.717) is 24.7 Å². The Labute approximate surface area is 173 Å². The molecule has 0 fully saturated rings. The highest BCUT2D eigenvalue weighted by molar-refractivity contribution is 5.41. The lowest BCUT2D eigenvalue weighted by Gasteiger charge is -2.27. The van der Waals surface area contributed by atoms with Crippen LogP contribution in [0.1, 0.15) is 38.8 Å². The minimum absolute atomic E-state index is 0.136. The molecule has 0 heterocycles. The smallest absolute Gasteiger partial charge is 0.221 e. The Balaban J connectivity index is 2.02. The molecule has 0 aliphatic rings. The zero-order chi connectivity index (χ0) is 21.3. The van der Waals surface area contributed by atoms with Gasteiger partial charge in [0.15, 0.2) is 0 Å². The zero-order valence-electron chi connectivity index (χ0n) is 17.6. The fourth-order valence-electron chi connectivity index (χ4n) is 2.89. The highest BCUT2D eigenvalue weighted by Crippen LogP contribution is 2.33. The van der Waals surface area contributed by atoms with Crippen LogP contribution in [0.4, 0.5) is 0 Å². The normalized spacial score (nSPS) is 13.7. The van der Waals surface area contributed by atoms with E-state index in [4.69, 9.17) is 18.9 Å². The lowest BCUT2D eigenvalue weighted by atomic mass is 9.78. The molecule has 160 valence electrons. The first kappa shape index (κ1) is 23.2. The number of aliphatic hydroxyl groups is 2. The van der Waals surface area contributed by atoms with Crippen molar-refractivity contribution < 1.29 is 29.2 Å². The molecule has 2 aromatic rings. The van der Waals surface area contributed by atoms with Gasteiger partial charge in [-0.05, 0) is 49.2 Å². The largest absolute Gasteiger partial charge is 0.463 e. The molecule has 2 aromatic carbocycles. The summed E-state index contributed by atoms with van der Waals surface area (Å²) in [6.07, 6.45) is -1.97. The first-order chi connectivity index (χ1) is 13.9. The first-order valence-corrected chi connectivity index (χ1v) is 9.92. The van der Waals surface area contributed by atoms with Crippen molar-refractivity contribution in [3.8, 4) is 11.5 Å². The summed E-state index contributed by atoms with van der Waals surface area (Å²) in [5.41, 5.74) is 1.97. The number of ether oxygens (including phenoxy) is 4. The van der Waals surface area contributed by atoms with Crippen molar-refractivity contribution >= 4 is 0 Å². The molecule has 6 heteroatoms. The summed E-state index contributed by atoms with van der Waals surface area (Å²) in [5.74, 6) is 1.17. The molecule has 29 heavy (non-hydrogen) atoms. The molecule has 0 saturated carbocycles. The summed E-state index contributed by atoms with van der Waals surface area (Å²) >= 11 is 0. The number of benzene rings is 2. The quantitative estimate of drug-likeness (QED) is 0.528. The molecule has 2 atom stereocenters. The number of rotatable bonds is 12. The maximum Gasteiger partial charge on any atom is 0.221 e. The molecular formula is C23H32O6. The molecule has 6 nitrogen and oxygen atoms in total. The van der Waals surface area contributed by atoms with Crippen molar-refractivity contribution in [2.75, 3.05) is 26.4 Å². The van der Waals surface area contributed by atoms with Crippen molar-refractivity contribution in [1.29, 1.82) is 0 Å². The maximum absolute atomic E-state index is 9.79. The van der Waals surface area contributed by atoms with E-state index in [0.717, 1.165) is 11.1 Å². The summed E-state index contributed by atoms with van der Waals surface area (Å²) in [6.45, 7) is 9.33. The summed E-state index contributed by atoms with van der Waals surface area (Å²) in [4.78, 5) is 0. The van der Waals surface area contributed by atoms with E-state index in [1.165, 1.54) is 0 Å². The average Bonchev–Trinajstić information content (AvgIpc) is 2.71. The number of aliphatic hydroxyl groups excluding tert-OH is 2. The summed E-state index contributed by atoms with van der Waals surface area (Å²) in [6, 6.07) is 15.3. The highest BCUT2D eigenvalue weighted by atomic mass is 16.6. The van der Waals surface area contributed by atoms with Crippen LogP contribution in [0.25, 0.3) is 0 Å². The molecule has 0 aliphatic heterocycles. The van der Waals surface area contributed by atoms with Crippen LogP contribution in [-0.2, 0) is 14.9 Å². The van der Waals surface area contributed by atoms with E-state index in [1.54, 1.807) is 0 Å². The van der Waals surface area contributed by atoms with Crippen LogP contribution in [0.5, 0.6) is 11.5 Å². The average molecular weight is 405 g/mol. The summed E-state index contributed by atoms with van der Waals surface area (Å²) < 4.78 is 21.2. The monoisotopic (exact) mass is 404 g/mol. The number of hydrogen-bond acceptors (Lipinski definition) is 6. The topological polar surface area (TPSA) is 77.4 Å². The molecule has 0 spiro atoms. The molecule has 2 N–H and O–H groups in total. The van der Waals surface area contributed by atoms with Crippen molar-refractivity contribution in [3.63, 3.8) is 0 Å². The summed E-state index contributed by atoms with van der Waals surface area (Å²) in [5, 5.41) is 19.6. The third-order valence-electron chi connectivity index (χ3n) is 4.63. The third-order valence-corrected chi connectivity index (χ3v) is 4.63. The second-order valence-electron chi connectivity index (χ2n) is 7.14. The van der Waals surface area contributed by atoms with Gasteiger partial charge in [0.1, 0.15) is 24.7 Å². The lowest BCUT2D eigenvalue weighted by Crippen LogP contribution is -2.23. The second-order valence-corrected chi connectivity index (χ2v) is 7.14. The van der Waals surface area contributed by atoms with Gasteiger partial charge in [-0.25, -0.2) is 0 Å². The van der Waals surface area contributed by atoms with Gasteiger partial charge in [-0.1, -0.05) is 38.1 Å². The van der Waals surface area contributed by atoms with Crippen molar-refractivity contribution in [1.82, 2.24) is 0 Å². The highest BCUT2D eigenvalue weighted by Gasteiger charge is 2.23. The van der Waals surface area contributed by atoms with E-state index in [2.05, 4.69) is 13.8 Å². The molecule has 0 bridgehead atoms. The zero-order valence-corrected chi connectivity index (χ0v) is 17.6. The molecule has 0 amide bonds. The predicted molar refractivity (Wildman–Crippen MR) is 111 cm³/mol. The minimum Gasteiger partial charge on any atom is -0.463 e. The van der Waals surface area contributed by atoms with Crippen LogP contribution in [0.15, 0.2) is 48.5 Å². The Kier molecular flexibility index (Phi) is 8.92. The molecular weight excluding hydrogens is 372 g/mol. The molecule has 2 unspecified atom stereocenters. The molecule has 0 saturated heterocycles. The molecule has 0 aliphatic carbocycles. The van der Waals surface area contributed by atoms with Gasteiger partial charge >= 0.3 is 0 Å². The van der Waals surface area contributed by atoms with Gasteiger partial charge in [0.25, 0.3) is 0 Å². The predicted octanol–water partition coefficient (Wildman–Crippen LogP) is 3.48. The maximum atomic E-state index is 9.79. The SMILES string of the molecule is CCOCC(O)Oc1ccc(C(C)(C)c2ccc(OC(O)COCC)cc2)cc1. The summed E-state index contributed by atoms with van der Waals surface area (Å²) in [7, 11) is 0. The van der Waals surface area contributed by atoms with E-state index >= 15 is 0 Å². The minimum atomic E-state index is -0.987. The van der Waals surface area contributed by atoms with E-state index < -0.39 is 12.6 Å². The number of hydrogen-bond donors (Lipinski definition) is 2. The van der Waals surface area contributed by atoms with Gasteiger partial charge in [0.05, 0.1) is 0 Å². The van der Waals surface area contributed by atoms with Crippen molar-refractivity contribution in [2.24, 2.45) is 0 Å². The van der Waals surface area contributed by atoms with Crippen LogP contribution >= 0.6 is 0 Å². The Bertz CT molecular complexity index is 650. The van der Waals surface area contributed by atoms with Crippen LogP contribution in [0, 0.1) is 0 Å². The van der Waals surface area contributed by atoms with Gasteiger partial charge in [-0.15, -0.1) is 0 Å². The molecule has 0 aromatic heterocycles. The Morgan fingerprint density at radius 1 is 0.690 bits per heavy atom. The van der Waals surface area contributed by atoms with Crippen LogP contribution < -0.4 is 9.47 Å². The molecule has 0 radical (unpaired) electrons. The van der Waals surface area contributed by atoms with Crippen molar-refractivity contribution in [3.05, 3.63) is 59.7 Å². The van der Waals surface area contributed by atoms with Crippen LogP contribution in [0.3, 0.4) is 0 Å². The van der Waals surface area contributed by atoms with Gasteiger partial charge in [0.2, 0.25) is 12.6 Å². The Hall–Kier alpha value is -2.12. The van der Waals surface area contributed by atoms with Crippen LogP contribution in [-0.4, -0.2) is 49.2 Å². The first-order valence-electron chi connectivity index (χ1n) is 9.92. The third kappa shape index (κ3) is 7.01. The fraction of sp³-hybridized carbons (Fsp3) is 0.478. The van der Waals surface area contributed by atoms with Crippen molar-refractivity contribution in [2.45, 2.75) is 45.7 Å². The second kappa shape index (κ2) is 11.2. The van der Waals surface area contributed by atoms with Gasteiger partial charge < -0.3 is 29.2 Å². The fourth-order valence-corrected chi connectivity index (χ4v) is 2.89. The van der Waals surface area contributed by atoms with Crippen LogP contribution in [0.2, 0.25) is 0 Å². The Morgan fingerprint density at radius 3 is 1.34 bits per heavy atom. The Morgan fingerprint density at radius 2 is 1.03 bits per heavy atom. The lowest BCUT2D eigenvalue weighted by molar-refractivity contribution is -0.0751. The van der Waals surface area contributed by atoms with Gasteiger partial charge in [-0.2, -0.15) is 0 Å². The van der Waals surface area contributed by atoms with E-state index in [-0.39, 0.29) is 18.6 Å². The molecule has 2 rings (SSSR count). The van der Waals surface area contributed by atoms with Gasteiger partial charge in [0, 0.05) is 18.6 Å². The van der Waals surface area contributed by atoms with Gasteiger partial charge in [-0.3, -0.25) is 0 Å².